The van der Waals surface area contributed by atoms with E-state index in [-0.39, 0.29) is 18.3 Å². The van der Waals surface area contributed by atoms with Crippen LogP contribution in [0.3, 0.4) is 0 Å². The van der Waals surface area contributed by atoms with Crippen LogP contribution in [0.25, 0.3) is 11.3 Å². The molecule has 0 saturated heterocycles. The lowest BCUT2D eigenvalue weighted by Crippen LogP contribution is -2.30. The number of ether oxygens (including phenoxy) is 1. The molecule has 0 spiro atoms. The predicted molar refractivity (Wildman–Crippen MR) is 94.4 cm³/mol. The number of hydrogen-bond acceptors (Lipinski definition) is 4. The zero-order valence-electron chi connectivity index (χ0n) is 13.8. The minimum absolute atomic E-state index is 0.193. The maximum absolute atomic E-state index is 12.4. The van der Waals surface area contributed by atoms with Gasteiger partial charge in [-0.2, -0.15) is 0 Å². The molecule has 1 atom stereocenters. The molecular formula is C20H19NO4. The van der Waals surface area contributed by atoms with Crippen molar-refractivity contribution in [1.29, 1.82) is 0 Å². The van der Waals surface area contributed by atoms with Crippen LogP contribution in [0, 0.1) is 0 Å². The van der Waals surface area contributed by atoms with Gasteiger partial charge in [0, 0.05) is 5.56 Å². The number of carbonyl (C=O) groups excluding carboxylic acids is 1. The van der Waals surface area contributed by atoms with Crippen LogP contribution in [0.2, 0.25) is 0 Å². The van der Waals surface area contributed by atoms with E-state index < -0.39 is 6.04 Å². The summed E-state index contributed by atoms with van der Waals surface area (Å²) in [5.74, 6) is 1.16. The molecule has 2 aromatic carbocycles. The van der Waals surface area contributed by atoms with Crippen LogP contribution >= 0.6 is 0 Å². The molecule has 128 valence electrons. The molecule has 2 N–H and O–H groups in total. The molecule has 3 aromatic rings. The number of furan rings is 1. The number of carbonyl (C=O) groups is 1. The summed E-state index contributed by atoms with van der Waals surface area (Å²) < 4.78 is 10.8. The van der Waals surface area contributed by atoms with Gasteiger partial charge < -0.3 is 19.6 Å². The third-order valence-corrected chi connectivity index (χ3v) is 3.89. The van der Waals surface area contributed by atoms with E-state index in [9.17, 15) is 9.90 Å². The number of benzene rings is 2. The van der Waals surface area contributed by atoms with E-state index in [2.05, 4.69) is 5.32 Å². The topological polar surface area (TPSA) is 71.7 Å². The van der Waals surface area contributed by atoms with Gasteiger partial charge in [0.05, 0.1) is 19.8 Å². The highest BCUT2D eigenvalue weighted by Crippen LogP contribution is 2.25. The summed E-state index contributed by atoms with van der Waals surface area (Å²) in [5.41, 5.74) is 1.68. The number of methoxy groups -OCH3 is 1. The summed E-state index contributed by atoms with van der Waals surface area (Å²) in [6, 6.07) is 19.6. The van der Waals surface area contributed by atoms with E-state index in [1.165, 1.54) is 0 Å². The quantitative estimate of drug-likeness (QED) is 0.723. The molecule has 0 aliphatic rings. The third kappa shape index (κ3) is 3.89. The van der Waals surface area contributed by atoms with Gasteiger partial charge in [0.15, 0.2) is 5.76 Å². The van der Waals surface area contributed by atoms with Crippen LogP contribution in [0.5, 0.6) is 5.75 Å². The van der Waals surface area contributed by atoms with Crippen LogP contribution in [0.15, 0.2) is 71.1 Å². The average Bonchev–Trinajstić information content (AvgIpc) is 3.17. The van der Waals surface area contributed by atoms with Crippen molar-refractivity contribution in [2.45, 2.75) is 6.04 Å². The largest absolute Gasteiger partial charge is 0.497 e. The molecule has 0 aliphatic heterocycles. The second-order valence-electron chi connectivity index (χ2n) is 5.51. The van der Waals surface area contributed by atoms with Crippen LogP contribution in [0.4, 0.5) is 0 Å². The van der Waals surface area contributed by atoms with E-state index in [0.29, 0.717) is 5.76 Å². The van der Waals surface area contributed by atoms with Gasteiger partial charge in [0.25, 0.3) is 5.91 Å². The lowest BCUT2D eigenvalue weighted by molar-refractivity contribution is 0.0889. The smallest absolute Gasteiger partial charge is 0.287 e. The van der Waals surface area contributed by atoms with E-state index in [4.69, 9.17) is 9.15 Å². The van der Waals surface area contributed by atoms with Crippen molar-refractivity contribution in [3.63, 3.8) is 0 Å². The monoisotopic (exact) mass is 337 g/mol. The number of aliphatic hydroxyl groups is 1. The SMILES string of the molecule is COc1ccc(-c2ccc(C(=O)N[C@H](CO)c3ccccc3)o2)cc1. The van der Waals surface area contributed by atoms with Gasteiger partial charge >= 0.3 is 0 Å². The Labute approximate surface area is 145 Å². The number of rotatable bonds is 6. The molecule has 5 nitrogen and oxygen atoms in total. The molecular weight excluding hydrogens is 318 g/mol. The van der Waals surface area contributed by atoms with E-state index in [1.807, 2.05) is 54.6 Å². The summed E-state index contributed by atoms with van der Waals surface area (Å²) in [6.45, 7) is -0.193. The Bertz CT molecular complexity index is 824. The highest BCUT2D eigenvalue weighted by molar-refractivity contribution is 5.92. The Morgan fingerprint density at radius 2 is 1.80 bits per heavy atom. The predicted octanol–water partition coefficient (Wildman–Crippen LogP) is 3.42. The van der Waals surface area contributed by atoms with Gasteiger partial charge in [-0.3, -0.25) is 4.79 Å². The van der Waals surface area contributed by atoms with Gasteiger partial charge in [0.1, 0.15) is 11.5 Å². The number of amides is 1. The molecule has 0 fully saturated rings. The Morgan fingerprint density at radius 1 is 1.08 bits per heavy atom. The first-order valence-electron chi connectivity index (χ1n) is 7.92. The Morgan fingerprint density at radius 3 is 2.44 bits per heavy atom. The molecule has 1 heterocycles. The Hall–Kier alpha value is -3.05. The highest BCUT2D eigenvalue weighted by atomic mass is 16.5. The molecule has 0 saturated carbocycles. The van der Waals surface area contributed by atoms with E-state index >= 15 is 0 Å². The molecule has 3 rings (SSSR count). The van der Waals surface area contributed by atoms with Crippen molar-refractivity contribution in [2.75, 3.05) is 13.7 Å². The standard InChI is InChI=1S/C20H19NO4/c1-24-16-9-7-15(8-10-16)18-11-12-19(25-18)20(23)21-17(13-22)14-5-3-2-4-6-14/h2-12,17,22H,13H2,1H3,(H,21,23)/t17-/m1/s1. The minimum Gasteiger partial charge on any atom is -0.497 e. The highest BCUT2D eigenvalue weighted by Gasteiger charge is 2.18. The van der Waals surface area contributed by atoms with Gasteiger partial charge in [-0.15, -0.1) is 0 Å². The van der Waals surface area contributed by atoms with Crippen molar-refractivity contribution in [2.24, 2.45) is 0 Å². The third-order valence-electron chi connectivity index (χ3n) is 3.89. The molecule has 0 aliphatic carbocycles. The lowest BCUT2D eigenvalue weighted by Gasteiger charge is -2.15. The maximum Gasteiger partial charge on any atom is 0.287 e. The molecule has 0 unspecified atom stereocenters. The fraction of sp³-hybridized carbons (Fsp3) is 0.150. The van der Waals surface area contributed by atoms with Crippen LogP contribution in [-0.4, -0.2) is 24.7 Å². The zero-order chi connectivity index (χ0) is 17.6. The normalized spacial score (nSPS) is 11.8. The van der Waals surface area contributed by atoms with Gasteiger partial charge in [0.2, 0.25) is 0 Å². The van der Waals surface area contributed by atoms with Gasteiger partial charge in [-0.25, -0.2) is 0 Å². The van der Waals surface area contributed by atoms with Gasteiger partial charge in [-0.1, -0.05) is 30.3 Å². The van der Waals surface area contributed by atoms with Crippen molar-refractivity contribution in [3.8, 4) is 17.1 Å². The van der Waals surface area contributed by atoms with Crippen molar-refractivity contribution in [3.05, 3.63) is 78.1 Å². The number of nitrogens with one attached hydrogen (secondary N) is 1. The first-order chi connectivity index (χ1) is 12.2. The second kappa shape index (κ2) is 7.68. The van der Waals surface area contributed by atoms with Crippen LogP contribution < -0.4 is 10.1 Å². The minimum atomic E-state index is -0.483. The molecule has 5 heteroatoms. The van der Waals surface area contributed by atoms with Gasteiger partial charge in [-0.05, 0) is 42.0 Å². The lowest BCUT2D eigenvalue weighted by atomic mass is 10.1. The molecule has 1 aromatic heterocycles. The summed E-state index contributed by atoms with van der Waals surface area (Å²) in [7, 11) is 1.61. The molecule has 0 radical (unpaired) electrons. The van der Waals surface area contributed by atoms with Crippen molar-refractivity contribution in [1.82, 2.24) is 5.32 Å². The Kier molecular flexibility index (Phi) is 5.16. The summed E-state index contributed by atoms with van der Waals surface area (Å²) in [5, 5.41) is 12.3. The zero-order valence-corrected chi connectivity index (χ0v) is 13.8. The Balaban J connectivity index is 1.73. The van der Waals surface area contributed by atoms with Crippen LogP contribution in [-0.2, 0) is 0 Å². The van der Waals surface area contributed by atoms with E-state index in [1.54, 1.807) is 19.2 Å². The number of hydrogen-bond donors (Lipinski definition) is 2. The molecule has 1 amide bonds. The van der Waals surface area contributed by atoms with Crippen LogP contribution in [0.1, 0.15) is 22.2 Å². The maximum atomic E-state index is 12.4. The number of aliphatic hydroxyl groups excluding tert-OH is 1. The summed E-state index contributed by atoms with van der Waals surface area (Å²) >= 11 is 0. The summed E-state index contributed by atoms with van der Waals surface area (Å²) in [6.07, 6.45) is 0. The molecule has 0 bridgehead atoms. The first-order valence-corrected chi connectivity index (χ1v) is 7.92. The second-order valence-corrected chi connectivity index (χ2v) is 5.51. The average molecular weight is 337 g/mol. The van der Waals surface area contributed by atoms with Crippen molar-refractivity contribution < 1.29 is 19.1 Å². The van der Waals surface area contributed by atoms with Crippen molar-refractivity contribution >= 4 is 5.91 Å². The molecule has 25 heavy (non-hydrogen) atoms. The first kappa shape index (κ1) is 16.8. The fourth-order valence-electron chi connectivity index (χ4n) is 2.52. The summed E-state index contributed by atoms with van der Waals surface area (Å²) in [4.78, 5) is 12.4. The fourth-order valence-corrected chi connectivity index (χ4v) is 2.52. The van der Waals surface area contributed by atoms with E-state index in [0.717, 1.165) is 16.9 Å².